The van der Waals surface area contributed by atoms with Crippen molar-refractivity contribution < 1.29 is 56.5 Å². The minimum Gasteiger partial charge on any atom is -0.464 e. The molecule has 314 valence electrons. The fourth-order valence-electron chi connectivity index (χ4n) is 6.12. The lowest BCUT2D eigenvalue weighted by atomic mass is 10.2. The molecule has 1 aromatic heterocycles. The number of nitrogens with one attached hydrogen (secondary N) is 1. The predicted octanol–water partition coefficient (Wildman–Crippen LogP) is 3.68. The maximum absolute atomic E-state index is 14.7. The summed E-state index contributed by atoms with van der Waals surface area (Å²) in [6.07, 6.45) is -1.93. The van der Waals surface area contributed by atoms with Gasteiger partial charge in [-0.1, -0.05) is 43.7 Å². The maximum atomic E-state index is 14.7. The summed E-state index contributed by atoms with van der Waals surface area (Å²) < 4.78 is 47.0. The molecule has 1 aromatic carbocycles. The lowest BCUT2D eigenvalue weighted by Crippen LogP contribution is -2.57. The smallest absolute Gasteiger partial charge is 0.409 e. The highest BCUT2D eigenvalue weighted by Crippen LogP contribution is 2.51. The Bertz CT molecular complexity index is 1700. The molecule has 2 unspecified atom stereocenters. The lowest BCUT2D eigenvalue weighted by Gasteiger charge is -2.36. The summed E-state index contributed by atoms with van der Waals surface area (Å²) in [5.41, 5.74) is 0.551. The molecule has 18 nitrogen and oxygen atoms in total. The quantitative estimate of drug-likeness (QED) is 0.0930. The van der Waals surface area contributed by atoms with Crippen molar-refractivity contribution in [2.24, 2.45) is 0 Å². The number of nitrogens with zero attached hydrogens (tertiary/aromatic N) is 5. The minimum atomic E-state index is -4.64. The Hall–Kier alpha value is -4.64. The molecule has 2 aromatic rings. The van der Waals surface area contributed by atoms with Crippen LogP contribution in [0.4, 0.5) is 10.6 Å². The Morgan fingerprint density at radius 2 is 1.47 bits per heavy atom. The van der Waals surface area contributed by atoms with E-state index >= 15 is 0 Å². The van der Waals surface area contributed by atoms with E-state index < -0.39 is 61.9 Å². The Labute approximate surface area is 333 Å². The van der Waals surface area contributed by atoms with Crippen LogP contribution in [-0.4, -0.2) is 146 Å². The average molecular weight is 819 g/mol. The van der Waals surface area contributed by atoms with Gasteiger partial charge in [0.2, 0.25) is 5.91 Å². The van der Waals surface area contributed by atoms with E-state index in [0.717, 1.165) is 12.8 Å². The number of amides is 3. The number of aromatic nitrogens is 2. The van der Waals surface area contributed by atoms with Crippen LogP contribution in [0.25, 0.3) is 11.4 Å². The Morgan fingerprint density at radius 1 is 0.860 bits per heavy atom. The van der Waals surface area contributed by atoms with Gasteiger partial charge in [0.05, 0.1) is 32.1 Å². The van der Waals surface area contributed by atoms with Gasteiger partial charge < -0.3 is 39.0 Å². The van der Waals surface area contributed by atoms with Gasteiger partial charge in [0.1, 0.15) is 17.6 Å². The first-order valence-corrected chi connectivity index (χ1v) is 21.1. The fraction of sp³-hybridized carbons (Fsp3) is 0.605. The number of carbonyl (C=O) groups excluding carboxylic acids is 5. The van der Waals surface area contributed by atoms with Gasteiger partial charge in [0.25, 0.3) is 5.91 Å². The van der Waals surface area contributed by atoms with Gasteiger partial charge in [0, 0.05) is 58.0 Å². The molecule has 3 amide bonds. The highest BCUT2D eigenvalue weighted by Gasteiger charge is 2.42. The van der Waals surface area contributed by atoms with Gasteiger partial charge in [-0.2, -0.15) is 0 Å². The van der Waals surface area contributed by atoms with Crippen LogP contribution in [0.3, 0.4) is 0 Å². The standard InChI is InChI=1S/C38H55N6O12P/c1-7-10-22-54-38(49)43-20-18-42(19-21-43)35(46)31(25-57(50,55-26(4)36(47)52-8-2)56-27(5)37(48)53-9-3)40-34(45)30-23-32(44-17-16-29(24-44)51-6)41-33(39-30)28-14-12-11-13-15-28/h11-15,23,26-27,29,31H,7-10,16-22,24-25H2,1-6H3,(H,40,45)/t26-,27-,29?,31?/m0/s1. The zero-order valence-corrected chi connectivity index (χ0v) is 34.4. The van der Waals surface area contributed by atoms with Crippen molar-refractivity contribution >= 4 is 43.3 Å². The number of piperazine rings is 1. The molecular formula is C38H55N6O12P. The van der Waals surface area contributed by atoms with Crippen LogP contribution in [0.5, 0.6) is 0 Å². The number of rotatable bonds is 19. The van der Waals surface area contributed by atoms with E-state index in [4.69, 9.17) is 33.0 Å². The van der Waals surface area contributed by atoms with Crippen molar-refractivity contribution in [3.8, 4) is 11.4 Å². The molecule has 19 heteroatoms. The van der Waals surface area contributed by atoms with Gasteiger partial charge >= 0.3 is 25.6 Å². The molecule has 2 aliphatic rings. The molecule has 3 heterocycles. The third-order valence-electron chi connectivity index (χ3n) is 9.24. The molecule has 4 rings (SSSR count). The number of ether oxygens (including phenoxy) is 4. The molecule has 2 saturated heterocycles. The highest BCUT2D eigenvalue weighted by molar-refractivity contribution is 7.54. The maximum Gasteiger partial charge on any atom is 0.409 e. The predicted molar refractivity (Wildman–Crippen MR) is 208 cm³/mol. The third-order valence-corrected chi connectivity index (χ3v) is 11.3. The van der Waals surface area contributed by atoms with Crippen molar-refractivity contribution in [2.75, 3.05) is 77.3 Å². The molecule has 0 radical (unpaired) electrons. The third kappa shape index (κ3) is 12.9. The zero-order valence-electron chi connectivity index (χ0n) is 33.5. The van der Waals surface area contributed by atoms with E-state index in [1.807, 2.05) is 30.0 Å². The summed E-state index contributed by atoms with van der Waals surface area (Å²) in [5.74, 6) is -2.49. The van der Waals surface area contributed by atoms with Crippen molar-refractivity contribution in [1.29, 1.82) is 0 Å². The number of esters is 2. The molecule has 0 saturated carbocycles. The van der Waals surface area contributed by atoms with Crippen molar-refractivity contribution in [3.63, 3.8) is 0 Å². The summed E-state index contributed by atoms with van der Waals surface area (Å²) in [5, 5.41) is 2.69. The topological polar surface area (TPSA) is 205 Å². The SMILES string of the molecule is CCCCOC(=O)N1CCN(C(=O)C(CP(=O)(O[C@@H](C)C(=O)OCC)O[C@@H](C)C(=O)OCC)NC(=O)c2cc(N3CCC(OC)C3)nc(-c3ccccc3)n2)CC1. The minimum absolute atomic E-state index is 0.00164. The molecule has 4 atom stereocenters. The molecule has 2 aliphatic heterocycles. The monoisotopic (exact) mass is 818 g/mol. The number of hydrogen-bond donors (Lipinski definition) is 1. The van der Waals surface area contributed by atoms with Gasteiger partial charge in [-0.15, -0.1) is 0 Å². The number of hydrogen-bond acceptors (Lipinski definition) is 15. The second-order valence-electron chi connectivity index (χ2n) is 13.5. The second kappa shape index (κ2) is 21.8. The van der Waals surface area contributed by atoms with Crippen LogP contribution < -0.4 is 10.2 Å². The molecule has 1 N–H and O–H groups in total. The molecule has 57 heavy (non-hydrogen) atoms. The average Bonchev–Trinajstić information content (AvgIpc) is 3.70. The van der Waals surface area contributed by atoms with Crippen LogP contribution in [0.2, 0.25) is 0 Å². The number of unbranched alkanes of at least 4 members (excludes halogenated alkanes) is 1. The largest absolute Gasteiger partial charge is 0.464 e. The van der Waals surface area contributed by atoms with Crippen LogP contribution in [0.1, 0.15) is 64.4 Å². The van der Waals surface area contributed by atoms with Crippen LogP contribution in [0.15, 0.2) is 36.4 Å². The van der Waals surface area contributed by atoms with Crippen molar-refractivity contribution in [1.82, 2.24) is 25.1 Å². The first kappa shape index (κ1) is 45.1. The van der Waals surface area contributed by atoms with Gasteiger partial charge in [-0.3, -0.25) is 23.2 Å². The molecule has 0 spiro atoms. The van der Waals surface area contributed by atoms with Gasteiger partial charge in [-0.05, 0) is 40.5 Å². The lowest BCUT2D eigenvalue weighted by molar-refractivity contribution is -0.152. The molecular weight excluding hydrogens is 763 g/mol. The van der Waals surface area contributed by atoms with E-state index in [1.165, 1.54) is 29.7 Å². The summed E-state index contributed by atoms with van der Waals surface area (Å²) in [6.45, 7) is 9.52. The summed E-state index contributed by atoms with van der Waals surface area (Å²) in [7, 11) is -3.01. The van der Waals surface area contributed by atoms with Crippen molar-refractivity contribution in [2.45, 2.75) is 78.2 Å². The van der Waals surface area contributed by atoms with Crippen molar-refractivity contribution in [3.05, 3.63) is 42.1 Å². The van der Waals surface area contributed by atoms with Crippen LogP contribution in [-0.2, 0) is 46.9 Å². The van der Waals surface area contributed by atoms with Gasteiger partial charge in [0.15, 0.2) is 18.0 Å². The highest BCUT2D eigenvalue weighted by atomic mass is 31.2. The Balaban J connectivity index is 1.70. The van der Waals surface area contributed by atoms with Gasteiger partial charge in [-0.25, -0.2) is 24.4 Å². The zero-order chi connectivity index (χ0) is 41.5. The Kier molecular flexibility index (Phi) is 17.2. The number of carbonyl (C=O) groups is 5. The number of methoxy groups -OCH3 is 1. The molecule has 0 aliphatic carbocycles. The molecule has 0 bridgehead atoms. The van der Waals surface area contributed by atoms with E-state index in [0.29, 0.717) is 30.9 Å². The van der Waals surface area contributed by atoms with Crippen LogP contribution >= 0.6 is 7.60 Å². The number of benzene rings is 1. The first-order chi connectivity index (χ1) is 27.3. The first-order valence-electron chi connectivity index (χ1n) is 19.3. The fourth-order valence-corrected chi connectivity index (χ4v) is 8.17. The summed E-state index contributed by atoms with van der Waals surface area (Å²) in [6, 6.07) is 8.97. The van der Waals surface area contributed by atoms with E-state index in [9.17, 15) is 28.5 Å². The summed E-state index contributed by atoms with van der Waals surface area (Å²) in [4.78, 5) is 80.8. The Morgan fingerprint density at radius 3 is 2.04 bits per heavy atom. The van der Waals surface area contributed by atoms with E-state index in [2.05, 4.69) is 10.3 Å². The second-order valence-corrected chi connectivity index (χ2v) is 15.5. The normalized spacial score (nSPS) is 17.4. The van der Waals surface area contributed by atoms with Crippen LogP contribution in [0, 0.1) is 0 Å². The number of anilines is 1. The molecule has 2 fully saturated rings. The summed E-state index contributed by atoms with van der Waals surface area (Å²) >= 11 is 0. The van der Waals surface area contributed by atoms with E-state index in [1.54, 1.807) is 33.1 Å². The van der Waals surface area contributed by atoms with E-state index in [-0.39, 0.29) is 63.6 Å².